The van der Waals surface area contributed by atoms with Crippen LogP contribution < -0.4 is 11.1 Å². The maximum Gasteiger partial charge on any atom is 0.0541 e. The molecule has 0 fully saturated rings. The summed E-state index contributed by atoms with van der Waals surface area (Å²) in [5.74, 6) is 0. The Kier molecular flexibility index (Phi) is 6.26. The topological polar surface area (TPSA) is 63.8 Å². The highest BCUT2D eigenvalue weighted by molar-refractivity contribution is 5.36. The van der Waals surface area contributed by atoms with Gasteiger partial charge in [0.05, 0.1) is 5.69 Å². The lowest BCUT2D eigenvalue weighted by molar-refractivity contribution is 0.672. The van der Waals surface area contributed by atoms with Gasteiger partial charge in [0, 0.05) is 37.7 Å². The smallest absolute Gasteiger partial charge is 0.0541 e. The largest absolute Gasteiger partial charge is 0.326 e. The van der Waals surface area contributed by atoms with Gasteiger partial charge in [0.2, 0.25) is 0 Å². The molecule has 1 aromatic carbocycles. The fourth-order valence-corrected chi connectivity index (χ4v) is 2.99. The van der Waals surface area contributed by atoms with E-state index in [2.05, 4.69) is 39.6 Å². The van der Waals surface area contributed by atoms with Crippen LogP contribution in [0.3, 0.4) is 0 Å². The predicted octanol–water partition coefficient (Wildman–Crippen LogP) is 3.01. The second-order valence-corrected chi connectivity index (χ2v) is 6.00. The van der Waals surface area contributed by atoms with Gasteiger partial charge in [-0.1, -0.05) is 30.3 Å². The third-order valence-electron chi connectivity index (χ3n) is 4.29. The molecule has 0 spiro atoms. The maximum atomic E-state index is 5.96. The van der Waals surface area contributed by atoms with Crippen LogP contribution in [0.1, 0.15) is 28.1 Å². The van der Waals surface area contributed by atoms with Crippen molar-refractivity contribution in [3.63, 3.8) is 0 Å². The molecule has 3 rings (SSSR count). The molecule has 4 heteroatoms. The molecular formula is C21H24N4. The SMILES string of the molecule is NCc1cccc(CNCc2ccccn2)c1CCc1ccccn1. The van der Waals surface area contributed by atoms with Crippen LogP contribution in [0.5, 0.6) is 0 Å². The van der Waals surface area contributed by atoms with Crippen molar-refractivity contribution in [2.24, 2.45) is 5.73 Å². The number of nitrogens with zero attached hydrogens (tertiary/aromatic N) is 2. The number of aromatic nitrogens is 2. The molecule has 25 heavy (non-hydrogen) atoms. The Morgan fingerprint density at radius 1 is 0.720 bits per heavy atom. The zero-order chi connectivity index (χ0) is 17.3. The maximum absolute atomic E-state index is 5.96. The van der Waals surface area contributed by atoms with Gasteiger partial charge in [-0.25, -0.2) is 0 Å². The molecule has 3 N–H and O–H groups in total. The van der Waals surface area contributed by atoms with Crippen LogP contribution in [0.25, 0.3) is 0 Å². The summed E-state index contributed by atoms with van der Waals surface area (Å²) in [5.41, 5.74) is 12.0. The third kappa shape index (κ3) is 4.95. The van der Waals surface area contributed by atoms with Gasteiger partial charge in [-0.05, 0) is 53.8 Å². The zero-order valence-corrected chi connectivity index (χ0v) is 14.4. The van der Waals surface area contributed by atoms with Gasteiger partial charge >= 0.3 is 0 Å². The van der Waals surface area contributed by atoms with Crippen molar-refractivity contribution in [1.29, 1.82) is 0 Å². The molecule has 4 nitrogen and oxygen atoms in total. The second kappa shape index (κ2) is 9.06. The van der Waals surface area contributed by atoms with E-state index in [1.54, 1.807) is 0 Å². The Bertz CT molecular complexity index is 772. The molecule has 0 aliphatic heterocycles. The van der Waals surface area contributed by atoms with Gasteiger partial charge in [-0.15, -0.1) is 0 Å². The second-order valence-electron chi connectivity index (χ2n) is 6.00. The molecule has 3 aromatic rings. The van der Waals surface area contributed by atoms with Crippen molar-refractivity contribution in [3.8, 4) is 0 Å². The fraction of sp³-hybridized carbons (Fsp3) is 0.238. The summed E-state index contributed by atoms with van der Waals surface area (Å²) in [4.78, 5) is 8.78. The van der Waals surface area contributed by atoms with Crippen LogP contribution in [-0.4, -0.2) is 9.97 Å². The van der Waals surface area contributed by atoms with E-state index in [-0.39, 0.29) is 0 Å². The number of pyridine rings is 2. The Labute approximate surface area is 149 Å². The number of nitrogens with one attached hydrogen (secondary N) is 1. The van der Waals surface area contributed by atoms with Crippen LogP contribution in [0, 0.1) is 0 Å². The van der Waals surface area contributed by atoms with E-state index in [9.17, 15) is 0 Å². The Balaban J connectivity index is 1.67. The average Bonchev–Trinajstić information content (AvgIpc) is 2.68. The summed E-state index contributed by atoms with van der Waals surface area (Å²) in [7, 11) is 0. The lowest BCUT2D eigenvalue weighted by Gasteiger charge is -2.15. The van der Waals surface area contributed by atoms with Crippen molar-refractivity contribution < 1.29 is 0 Å². The highest BCUT2D eigenvalue weighted by Crippen LogP contribution is 2.17. The van der Waals surface area contributed by atoms with E-state index >= 15 is 0 Å². The molecule has 2 aromatic heterocycles. The summed E-state index contributed by atoms with van der Waals surface area (Å²) < 4.78 is 0. The monoisotopic (exact) mass is 332 g/mol. The van der Waals surface area contributed by atoms with E-state index < -0.39 is 0 Å². The van der Waals surface area contributed by atoms with Gasteiger partial charge in [-0.2, -0.15) is 0 Å². The van der Waals surface area contributed by atoms with E-state index in [0.717, 1.165) is 37.3 Å². The molecule has 0 radical (unpaired) electrons. The first-order valence-corrected chi connectivity index (χ1v) is 8.67. The van der Waals surface area contributed by atoms with Crippen molar-refractivity contribution in [1.82, 2.24) is 15.3 Å². The van der Waals surface area contributed by atoms with Gasteiger partial charge in [0.1, 0.15) is 0 Å². The third-order valence-corrected chi connectivity index (χ3v) is 4.29. The lowest BCUT2D eigenvalue weighted by atomic mass is 9.96. The standard InChI is InChI=1S/C21H24N4/c22-14-17-6-5-7-18(15-23-16-20-9-2-4-13-25-20)21(17)11-10-19-8-1-3-12-24-19/h1-9,12-13,23H,10-11,14-16,22H2. The Morgan fingerprint density at radius 3 is 2.12 bits per heavy atom. The molecule has 0 unspecified atom stereocenters. The van der Waals surface area contributed by atoms with E-state index in [1.807, 2.05) is 42.7 Å². The molecule has 0 amide bonds. The van der Waals surface area contributed by atoms with Crippen molar-refractivity contribution in [2.45, 2.75) is 32.5 Å². The van der Waals surface area contributed by atoms with Crippen LogP contribution in [0.4, 0.5) is 0 Å². The van der Waals surface area contributed by atoms with Crippen LogP contribution >= 0.6 is 0 Å². The van der Waals surface area contributed by atoms with Crippen LogP contribution in [0.2, 0.25) is 0 Å². The summed E-state index contributed by atoms with van der Waals surface area (Å²) >= 11 is 0. The number of hydrogen-bond acceptors (Lipinski definition) is 4. The highest BCUT2D eigenvalue weighted by Gasteiger charge is 2.08. The number of aryl methyl sites for hydroxylation is 1. The minimum absolute atomic E-state index is 0.561. The quantitative estimate of drug-likeness (QED) is 0.665. The first kappa shape index (κ1) is 17.3. The number of hydrogen-bond donors (Lipinski definition) is 2. The Hall–Kier alpha value is -2.56. The first-order chi connectivity index (χ1) is 12.4. The van der Waals surface area contributed by atoms with Crippen LogP contribution in [0.15, 0.2) is 67.0 Å². The molecule has 128 valence electrons. The van der Waals surface area contributed by atoms with Crippen LogP contribution in [-0.2, 0) is 32.5 Å². The van der Waals surface area contributed by atoms with E-state index in [4.69, 9.17) is 5.73 Å². The van der Waals surface area contributed by atoms with Crippen molar-refractivity contribution in [3.05, 3.63) is 95.1 Å². The van der Waals surface area contributed by atoms with E-state index in [0.29, 0.717) is 6.54 Å². The van der Waals surface area contributed by atoms with Gasteiger partial charge in [-0.3, -0.25) is 9.97 Å². The normalized spacial score (nSPS) is 10.8. The summed E-state index contributed by atoms with van der Waals surface area (Å²) in [6.07, 6.45) is 5.54. The molecule has 0 atom stereocenters. The van der Waals surface area contributed by atoms with Gasteiger partial charge in [0.15, 0.2) is 0 Å². The average molecular weight is 332 g/mol. The minimum atomic E-state index is 0.561. The lowest BCUT2D eigenvalue weighted by Crippen LogP contribution is -2.16. The molecular weight excluding hydrogens is 308 g/mol. The fourth-order valence-electron chi connectivity index (χ4n) is 2.99. The number of nitrogens with two attached hydrogens (primary N) is 1. The molecule has 0 aliphatic rings. The molecule has 0 bridgehead atoms. The van der Waals surface area contributed by atoms with Crippen molar-refractivity contribution in [2.75, 3.05) is 0 Å². The first-order valence-electron chi connectivity index (χ1n) is 8.67. The summed E-state index contributed by atoms with van der Waals surface area (Å²) in [6.45, 7) is 2.13. The van der Waals surface area contributed by atoms with Gasteiger partial charge < -0.3 is 11.1 Å². The number of benzene rings is 1. The molecule has 0 saturated heterocycles. The van der Waals surface area contributed by atoms with Crippen molar-refractivity contribution >= 4 is 0 Å². The van der Waals surface area contributed by atoms with E-state index in [1.165, 1.54) is 16.7 Å². The van der Waals surface area contributed by atoms with Gasteiger partial charge in [0.25, 0.3) is 0 Å². The summed E-state index contributed by atoms with van der Waals surface area (Å²) in [5, 5.41) is 3.49. The number of rotatable bonds is 8. The minimum Gasteiger partial charge on any atom is -0.326 e. The predicted molar refractivity (Wildman–Crippen MR) is 101 cm³/mol. The molecule has 2 heterocycles. The molecule has 0 saturated carbocycles. The summed E-state index contributed by atoms with van der Waals surface area (Å²) in [6, 6.07) is 18.4. The molecule has 0 aliphatic carbocycles. The Morgan fingerprint density at radius 2 is 1.44 bits per heavy atom. The highest BCUT2D eigenvalue weighted by atomic mass is 14.9. The zero-order valence-electron chi connectivity index (χ0n) is 14.4.